The number of H-pyrrole nitrogens is 1. The molecule has 7 nitrogen and oxygen atoms in total. The summed E-state index contributed by atoms with van der Waals surface area (Å²) in [5.74, 6) is 1.25. The largest absolute Gasteiger partial charge is 0.391 e. The molecule has 3 aromatic rings. The maximum atomic E-state index is 9.79. The number of pyridine rings is 1. The summed E-state index contributed by atoms with van der Waals surface area (Å²) in [5, 5.41) is 17.2. The number of aryl methyl sites for hydroxylation is 1. The van der Waals surface area contributed by atoms with Crippen molar-refractivity contribution in [2.75, 3.05) is 27.2 Å². The van der Waals surface area contributed by atoms with Gasteiger partial charge in [0.1, 0.15) is 0 Å². The Morgan fingerprint density at radius 1 is 1.24 bits per heavy atom. The molecule has 1 aromatic carbocycles. The standard InChI is InChI=1S/C26H30N6O/c1-6-19(15-31(4)5)23-8-7-9-24(27-23)20-10-11-22(17(2)14-20)26-28-25(29-30-26)18(3)32-13-12-21(33)16-32/h6-11,14-15,21,33H,1,3,12-13,16H2,2,4-5H3,(H,28,29,30)/b19-15+. The van der Waals surface area contributed by atoms with Gasteiger partial charge in [0.2, 0.25) is 0 Å². The van der Waals surface area contributed by atoms with Gasteiger partial charge in [0.25, 0.3) is 0 Å². The van der Waals surface area contributed by atoms with E-state index in [4.69, 9.17) is 4.98 Å². The van der Waals surface area contributed by atoms with Crippen molar-refractivity contribution < 1.29 is 5.11 Å². The number of hydrogen-bond donors (Lipinski definition) is 2. The molecule has 2 aromatic heterocycles. The number of nitrogens with zero attached hydrogens (tertiary/aromatic N) is 5. The van der Waals surface area contributed by atoms with Crippen LogP contribution in [-0.4, -0.2) is 68.4 Å². The van der Waals surface area contributed by atoms with Crippen LogP contribution in [0.15, 0.2) is 61.8 Å². The van der Waals surface area contributed by atoms with Crippen LogP contribution < -0.4 is 0 Å². The van der Waals surface area contributed by atoms with Crippen molar-refractivity contribution >= 4 is 11.3 Å². The fourth-order valence-corrected chi connectivity index (χ4v) is 3.98. The number of rotatable bonds is 7. The lowest BCUT2D eigenvalue weighted by Gasteiger charge is -2.17. The van der Waals surface area contributed by atoms with Crippen molar-refractivity contribution in [1.29, 1.82) is 0 Å². The lowest BCUT2D eigenvalue weighted by Crippen LogP contribution is -2.20. The lowest BCUT2D eigenvalue weighted by molar-refractivity contribution is 0.187. The third kappa shape index (κ3) is 4.88. The first-order valence-electron chi connectivity index (χ1n) is 11.0. The maximum Gasteiger partial charge on any atom is 0.181 e. The van der Waals surface area contributed by atoms with Crippen LogP contribution in [0.4, 0.5) is 0 Å². The Morgan fingerprint density at radius 3 is 2.73 bits per heavy atom. The average molecular weight is 443 g/mol. The van der Waals surface area contributed by atoms with Crippen LogP contribution >= 0.6 is 0 Å². The monoisotopic (exact) mass is 442 g/mol. The third-order valence-electron chi connectivity index (χ3n) is 5.73. The van der Waals surface area contributed by atoms with Gasteiger partial charge in [0, 0.05) is 50.1 Å². The van der Waals surface area contributed by atoms with Crippen LogP contribution in [0.1, 0.15) is 23.5 Å². The van der Waals surface area contributed by atoms with Gasteiger partial charge in [0.05, 0.1) is 23.2 Å². The molecule has 0 aliphatic carbocycles. The van der Waals surface area contributed by atoms with Gasteiger partial charge in [-0.25, -0.2) is 9.97 Å². The molecule has 1 aliphatic rings. The Labute approximate surface area is 194 Å². The Hall–Kier alpha value is -3.71. The van der Waals surface area contributed by atoms with E-state index in [1.165, 1.54) is 0 Å². The molecular weight excluding hydrogens is 412 g/mol. The molecule has 0 bridgehead atoms. The zero-order valence-electron chi connectivity index (χ0n) is 19.4. The minimum absolute atomic E-state index is 0.313. The number of nitrogens with one attached hydrogen (secondary N) is 1. The van der Waals surface area contributed by atoms with E-state index in [-0.39, 0.29) is 6.10 Å². The molecule has 7 heteroatoms. The summed E-state index contributed by atoms with van der Waals surface area (Å²) in [7, 11) is 3.96. The minimum atomic E-state index is -0.313. The van der Waals surface area contributed by atoms with Crippen molar-refractivity contribution in [1.82, 2.24) is 30.0 Å². The Morgan fingerprint density at radius 2 is 2.06 bits per heavy atom. The van der Waals surface area contributed by atoms with Gasteiger partial charge in [0.15, 0.2) is 11.6 Å². The summed E-state index contributed by atoms with van der Waals surface area (Å²) in [6.07, 6.45) is 4.25. The van der Waals surface area contributed by atoms with Gasteiger partial charge in [-0.3, -0.25) is 5.10 Å². The number of aliphatic hydroxyl groups excluding tert-OH is 1. The Balaban J connectivity index is 1.59. The van der Waals surface area contributed by atoms with Gasteiger partial charge in [-0.05, 0) is 37.1 Å². The minimum Gasteiger partial charge on any atom is -0.391 e. The van der Waals surface area contributed by atoms with Crippen molar-refractivity contribution in [3.63, 3.8) is 0 Å². The van der Waals surface area contributed by atoms with E-state index in [0.717, 1.165) is 52.3 Å². The SMILES string of the molecule is C=C/C(=C\N(C)C)c1cccc(-c2ccc(-c3n[nH]c(C(=C)N4CCC(O)C4)n3)c(C)c2)n1. The number of aromatic amines is 1. The van der Waals surface area contributed by atoms with Crippen LogP contribution in [0, 0.1) is 6.92 Å². The first-order chi connectivity index (χ1) is 15.9. The number of benzene rings is 1. The number of aliphatic hydroxyl groups is 1. The second-order valence-corrected chi connectivity index (χ2v) is 8.53. The number of likely N-dealkylation sites (tertiary alicyclic amines) is 1. The van der Waals surface area contributed by atoms with E-state index in [2.05, 4.69) is 34.4 Å². The maximum absolute atomic E-state index is 9.79. The molecule has 3 heterocycles. The van der Waals surface area contributed by atoms with Gasteiger partial charge in [-0.1, -0.05) is 37.4 Å². The van der Waals surface area contributed by atoms with E-state index in [0.29, 0.717) is 18.2 Å². The average Bonchev–Trinajstić information content (AvgIpc) is 3.46. The van der Waals surface area contributed by atoms with E-state index >= 15 is 0 Å². The zero-order chi connectivity index (χ0) is 23.5. The fourth-order valence-electron chi connectivity index (χ4n) is 3.98. The highest BCUT2D eigenvalue weighted by Crippen LogP contribution is 2.28. The molecule has 1 fully saturated rings. The molecule has 33 heavy (non-hydrogen) atoms. The van der Waals surface area contributed by atoms with Crippen molar-refractivity contribution in [2.45, 2.75) is 19.4 Å². The number of hydrogen-bond acceptors (Lipinski definition) is 6. The van der Waals surface area contributed by atoms with Gasteiger partial charge in [-0.2, -0.15) is 5.10 Å². The Kier molecular flexibility index (Phi) is 6.42. The molecule has 170 valence electrons. The molecule has 0 amide bonds. The van der Waals surface area contributed by atoms with Gasteiger partial charge < -0.3 is 14.9 Å². The molecule has 0 saturated carbocycles. The first kappa shape index (κ1) is 22.5. The van der Waals surface area contributed by atoms with Crippen LogP contribution in [-0.2, 0) is 0 Å². The predicted molar refractivity (Wildman–Crippen MR) is 133 cm³/mol. The van der Waals surface area contributed by atoms with Gasteiger partial charge >= 0.3 is 0 Å². The van der Waals surface area contributed by atoms with Crippen LogP contribution in [0.2, 0.25) is 0 Å². The quantitative estimate of drug-likeness (QED) is 0.539. The second kappa shape index (κ2) is 9.42. The highest BCUT2D eigenvalue weighted by atomic mass is 16.3. The normalized spacial score (nSPS) is 16.2. The molecule has 0 spiro atoms. The molecule has 0 radical (unpaired) electrons. The highest BCUT2D eigenvalue weighted by Gasteiger charge is 2.23. The van der Waals surface area contributed by atoms with Crippen molar-refractivity contribution in [2.24, 2.45) is 0 Å². The highest BCUT2D eigenvalue weighted by molar-refractivity contribution is 5.74. The van der Waals surface area contributed by atoms with Gasteiger partial charge in [-0.15, -0.1) is 0 Å². The number of β-amino-alcohol motifs (C(OH)–C–C–N with tert-alkyl or cyclic N) is 1. The third-order valence-corrected chi connectivity index (χ3v) is 5.73. The van der Waals surface area contributed by atoms with E-state index < -0.39 is 0 Å². The fraction of sp³-hybridized carbons (Fsp3) is 0.269. The predicted octanol–water partition coefficient (Wildman–Crippen LogP) is 3.97. The first-order valence-corrected chi connectivity index (χ1v) is 11.0. The summed E-state index contributed by atoms with van der Waals surface area (Å²) in [6.45, 7) is 11.4. The van der Waals surface area contributed by atoms with Crippen molar-refractivity contribution in [3.05, 3.63) is 78.9 Å². The summed E-state index contributed by atoms with van der Waals surface area (Å²) >= 11 is 0. The van der Waals surface area contributed by atoms with E-state index in [1.54, 1.807) is 0 Å². The summed E-state index contributed by atoms with van der Waals surface area (Å²) < 4.78 is 0. The Bertz CT molecular complexity index is 1210. The topological polar surface area (TPSA) is 81.2 Å². The summed E-state index contributed by atoms with van der Waals surface area (Å²) in [6, 6.07) is 12.2. The molecule has 2 N–H and O–H groups in total. The zero-order valence-corrected chi connectivity index (χ0v) is 19.4. The summed E-state index contributed by atoms with van der Waals surface area (Å²) in [4.78, 5) is 13.5. The molecule has 1 atom stereocenters. The van der Waals surface area contributed by atoms with E-state index in [1.807, 2.05) is 73.4 Å². The summed E-state index contributed by atoms with van der Waals surface area (Å²) in [5.41, 5.74) is 6.52. The van der Waals surface area contributed by atoms with Crippen LogP contribution in [0.5, 0.6) is 0 Å². The second-order valence-electron chi connectivity index (χ2n) is 8.53. The van der Waals surface area contributed by atoms with Crippen LogP contribution in [0.3, 0.4) is 0 Å². The molecule has 4 rings (SSSR count). The number of aromatic nitrogens is 4. The lowest BCUT2D eigenvalue weighted by atomic mass is 10.0. The smallest absolute Gasteiger partial charge is 0.181 e. The molecule has 1 aliphatic heterocycles. The molecule has 1 unspecified atom stereocenters. The number of allylic oxidation sites excluding steroid dienone is 2. The molecule has 1 saturated heterocycles. The van der Waals surface area contributed by atoms with Crippen molar-refractivity contribution in [3.8, 4) is 22.6 Å². The van der Waals surface area contributed by atoms with Crippen LogP contribution in [0.25, 0.3) is 33.9 Å². The molecular formula is C26H30N6O. The van der Waals surface area contributed by atoms with E-state index in [9.17, 15) is 5.11 Å².